The fourth-order valence-electron chi connectivity index (χ4n) is 4.69. The number of azo groups is 1. The number of aromatic hydroxyl groups is 2. The molecule has 10 nitrogen and oxygen atoms in total. The highest BCUT2D eigenvalue weighted by Crippen LogP contribution is 2.47. The minimum Gasteiger partial charge on any atom is -0.507 e. The number of thioether (sulfide) groups is 1. The van der Waals surface area contributed by atoms with Crippen LogP contribution in [0.1, 0.15) is 19.3 Å². The lowest BCUT2D eigenvalue weighted by Crippen LogP contribution is -2.51. The van der Waals surface area contributed by atoms with Gasteiger partial charge in [-0.3, -0.25) is 14.4 Å². The van der Waals surface area contributed by atoms with Gasteiger partial charge in [-0.05, 0) is 43.4 Å². The second-order valence-corrected chi connectivity index (χ2v) is 10.3. The van der Waals surface area contributed by atoms with Gasteiger partial charge in [0.25, 0.3) is 5.91 Å². The topological polar surface area (TPSA) is 158 Å². The number of amides is 3. The molecule has 0 radical (unpaired) electrons. The predicted octanol–water partition coefficient (Wildman–Crippen LogP) is 3.86. The van der Waals surface area contributed by atoms with Gasteiger partial charge < -0.3 is 26.2 Å². The lowest BCUT2D eigenvalue weighted by atomic mass is 9.99. The number of nitrogens with two attached hydrogens (primary N) is 1. The number of nitrogens with zero attached hydrogens (tertiary/aromatic N) is 3. The number of phenolic OH excluding ortho intramolecular Hbond substituents is 2. The molecule has 1 aliphatic rings. The lowest BCUT2D eigenvalue weighted by molar-refractivity contribution is -0.138. The van der Waals surface area contributed by atoms with Gasteiger partial charge in [-0.25, -0.2) is 0 Å². The standard InChI is InChI=1S/C26H28ClN5O5S/c1-38-12-10-18(29-26(37)19-9-4-11-32(19)20(33)13-28)25(36)31-30-17-8-3-6-15-22(17)24(35)14-5-2-7-16(27)21(14)23(15)34/h2-3,5-8,18-19,34-35H,4,9-13,28H2,1H3,(H,29,37)/t18-,19-/m0/s1. The van der Waals surface area contributed by atoms with Crippen LogP contribution in [0.3, 0.4) is 0 Å². The molecule has 0 bridgehead atoms. The van der Waals surface area contributed by atoms with E-state index in [2.05, 4.69) is 15.5 Å². The fraction of sp³-hybridized carbons (Fsp3) is 0.346. The summed E-state index contributed by atoms with van der Waals surface area (Å²) in [6.07, 6.45) is 3.35. The largest absolute Gasteiger partial charge is 0.507 e. The van der Waals surface area contributed by atoms with Crippen molar-refractivity contribution in [1.82, 2.24) is 10.2 Å². The van der Waals surface area contributed by atoms with Gasteiger partial charge in [0.15, 0.2) is 0 Å². The van der Waals surface area contributed by atoms with Gasteiger partial charge >= 0.3 is 0 Å². The molecule has 1 fully saturated rings. The predicted molar refractivity (Wildman–Crippen MR) is 148 cm³/mol. The van der Waals surface area contributed by atoms with Gasteiger partial charge in [0.1, 0.15) is 23.6 Å². The Balaban J connectivity index is 1.63. The molecule has 0 unspecified atom stereocenters. The number of fused-ring (bicyclic) bond motifs is 2. The van der Waals surface area contributed by atoms with Crippen molar-refractivity contribution in [3.8, 4) is 11.5 Å². The second kappa shape index (κ2) is 12.0. The van der Waals surface area contributed by atoms with E-state index in [1.54, 1.807) is 36.4 Å². The smallest absolute Gasteiger partial charge is 0.286 e. The molecule has 1 heterocycles. The van der Waals surface area contributed by atoms with Gasteiger partial charge in [0, 0.05) is 22.7 Å². The average Bonchev–Trinajstić information content (AvgIpc) is 3.42. The summed E-state index contributed by atoms with van der Waals surface area (Å²) in [5, 5.41) is 34.0. The number of benzene rings is 3. The first kappa shape index (κ1) is 27.6. The first-order valence-electron chi connectivity index (χ1n) is 12.1. The van der Waals surface area contributed by atoms with Crippen LogP contribution < -0.4 is 11.1 Å². The highest BCUT2D eigenvalue weighted by molar-refractivity contribution is 7.98. The van der Waals surface area contributed by atoms with Crippen LogP contribution in [0.15, 0.2) is 46.6 Å². The van der Waals surface area contributed by atoms with E-state index in [0.29, 0.717) is 47.7 Å². The van der Waals surface area contributed by atoms with Crippen molar-refractivity contribution in [2.75, 3.05) is 25.1 Å². The molecule has 3 amide bonds. The van der Waals surface area contributed by atoms with E-state index in [-0.39, 0.29) is 40.0 Å². The lowest BCUT2D eigenvalue weighted by Gasteiger charge is -2.25. The van der Waals surface area contributed by atoms with Crippen LogP contribution in [0.4, 0.5) is 5.69 Å². The molecule has 5 N–H and O–H groups in total. The van der Waals surface area contributed by atoms with E-state index in [0.717, 1.165) is 0 Å². The van der Waals surface area contributed by atoms with E-state index in [1.807, 2.05) is 6.26 Å². The minimum atomic E-state index is -0.953. The van der Waals surface area contributed by atoms with Crippen LogP contribution in [0.25, 0.3) is 21.5 Å². The summed E-state index contributed by atoms with van der Waals surface area (Å²) < 4.78 is 0. The number of likely N-dealkylation sites (tertiary alicyclic amines) is 1. The molecule has 38 heavy (non-hydrogen) atoms. The molecule has 1 saturated heterocycles. The minimum absolute atomic E-state index is 0.125. The average molecular weight is 558 g/mol. The molecule has 0 aliphatic carbocycles. The van der Waals surface area contributed by atoms with Crippen LogP contribution in [-0.2, 0) is 14.4 Å². The fourth-order valence-corrected chi connectivity index (χ4v) is 5.43. The summed E-state index contributed by atoms with van der Waals surface area (Å²) in [6, 6.07) is 8.00. The van der Waals surface area contributed by atoms with Crippen LogP contribution in [0, 0.1) is 0 Å². The van der Waals surface area contributed by atoms with Gasteiger partial charge in [0.2, 0.25) is 11.8 Å². The summed E-state index contributed by atoms with van der Waals surface area (Å²) in [7, 11) is 0. The van der Waals surface area contributed by atoms with E-state index in [1.165, 1.54) is 16.7 Å². The first-order chi connectivity index (χ1) is 18.3. The van der Waals surface area contributed by atoms with Gasteiger partial charge in [-0.15, -0.1) is 10.2 Å². The summed E-state index contributed by atoms with van der Waals surface area (Å²) >= 11 is 7.76. The van der Waals surface area contributed by atoms with Crippen molar-refractivity contribution in [2.45, 2.75) is 31.3 Å². The van der Waals surface area contributed by atoms with Crippen molar-refractivity contribution >= 4 is 68.3 Å². The summed E-state index contributed by atoms with van der Waals surface area (Å²) in [6.45, 7) is 0.246. The van der Waals surface area contributed by atoms with Gasteiger partial charge in [-0.2, -0.15) is 11.8 Å². The Hall–Kier alpha value is -3.41. The van der Waals surface area contributed by atoms with Crippen molar-refractivity contribution in [2.24, 2.45) is 16.0 Å². The van der Waals surface area contributed by atoms with Crippen LogP contribution >= 0.6 is 23.4 Å². The number of nitrogens with one attached hydrogen (secondary N) is 1. The van der Waals surface area contributed by atoms with E-state index < -0.39 is 23.9 Å². The number of rotatable bonds is 8. The number of carbonyl (C=O) groups is 3. The zero-order valence-electron chi connectivity index (χ0n) is 20.7. The van der Waals surface area contributed by atoms with Gasteiger partial charge in [0.05, 0.1) is 22.6 Å². The Labute approximate surface area is 228 Å². The number of phenols is 2. The summed E-state index contributed by atoms with van der Waals surface area (Å²) in [5.41, 5.74) is 5.64. The van der Waals surface area contributed by atoms with Gasteiger partial charge in [-0.1, -0.05) is 35.9 Å². The quantitative estimate of drug-likeness (QED) is 0.186. The molecular weight excluding hydrogens is 530 g/mol. The SMILES string of the molecule is CSCC[C@H](NC(=O)[C@@H]1CCCN1C(=O)CN)C(=O)N=Nc1cccc2c(O)c3c(Cl)cccc3c(O)c12. The molecule has 0 spiro atoms. The van der Waals surface area contributed by atoms with Crippen molar-refractivity contribution in [3.05, 3.63) is 41.4 Å². The zero-order valence-corrected chi connectivity index (χ0v) is 22.3. The first-order valence-corrected chi connectivity index (χ1v) is 13.8. The van der Waals surface area contributed by atoms with E-state index in [4.69, 9.17) is 17.3 Å². The number of halogens is 1. The molecule has 0 aromatic heterocycles. The number of hydrogen-bond donors (Lipinski definition) is 4. The van der Waals surface area contributed by atoms with E-state index >= 15 is 0 Å². The normalized spacial score (nSPS) is 16.4. The molecule has 3 aromatic carbocycles. The van der Waals surface area contributed by atoms with E-state index in [9.17, 15) is 24.6 Å². The zero-order chi connectivity index (χ0) is 27.4. The molecule has 2 atom stereocenters. The van der Waals surface area contributed by atoms with Crippen LogP contribution in [0.2, 0.25) is 5.02 Å². The highest BCUT2D eigenvalue weighted by Gasteiger charge is 2.35. The third-order valence-corrected chi connectivity index (χ3v) is 7.53. The molecule has 200 valence electrons. The Morgan fingerprint density at radius 1 is 1.16 bits per heavy atom. The summed E-state index contributed by atoms with van der Waals surface area (Å²) in [4.78, 5) is 39.6. The monoisotopic (exact) mass is 557 g/mol. The van der Waals surface area contributed by atoms with Crippen LogP contribution in [-0.4, -0.2) is 70.0 Å². The van der Waals surface area contributed by atoms with Crippen LogP contribution in [0.5, 0.6) is 11.5 Å². The molecule has 3 aromatic rings. The highest BCUT2D eigenvalue weighted by atomic mass is 35.5. The molecular formula is C26H28ClN5O5S. The summed E-state index contributed by atoms with van der Waals surface area (Å²) in [5.74, 6) is -1.13. The maximum absolute atomic E-state index is 13.1. The number of hydrogen-bond acceptors (Lipinski definition) is 8. The maximum atomic E-state index is 13.1. The number of carbonyl (C=O) groups excluding carboxylic acids is 3. The second-order valence-electron chi connectivity index (χ2n) is 8.89. The Morgan fingerprint density at radius 2 is 1.84 bits per heavy atom. The molecule has 0 saturated carbocycles. The maximum Gasteiger partial charge on any atom is 0.286 e. The third kappa shape index (κ3) is 5.40. The van der Waals surface area contributed by atoms with Crippen molar-refractivity contribution in [3.63, 3.8) is 0 Å². The van der Waals surface area contributed by atoms with Crippen molar-refractivity contribution in [1.29, 1.82) is 0 Å². The van der Waals surface area contributed by atoms with Crippen molar-refractivity contribution < 1.29 is 24.6 Å². The molecule has 1 aliphatic heterocycles. The Morgan fingerprint density at radius 3 is 2.55 bits per heavy atom. The Kier molecular flexibility index (Phi) is 8.70. The third-order valence-electron chi connectivity index (χ3n) is 6.57. The Bertz CT molecular complexity index is 1430. The molecule has 4 rings (SSSR count). The molecule has 12 heteroatoms.